The number of carboxylic acids is 1. The molecule has 1 saturated heterocycles. The highest BCUT2D eigenvalue weighted by Gasteiger charge is 2.51. The molecule has 40 heavy (non-hydrogen) atoms. The van der Waals surface area contributed by atoms with Crippen LogP contribution in [-0.2, 0) is 14.3 Å². The number of carbonyl (C=O) groups is 1. The molecule has 0 radical (unpaired) electrons. The first-order valence-electron chi connectivity index (χ1n) is 15.6. The first-order valence-corrected chi connectivity index (χ1v) is 15.6. The summed E-state index contributed by atoms with van der Waals surface area (Å²) in [7, 11) is 0. The minimum absolute atomic E-state index is 0.314. The molecule has 4 N–H and O–H groups in total. The largest absolute Gasteiger partial charge is 0.479 e. The number of aliphatic carboxylic acids is 1. The summed E-state index contributed by atoms with van der Waals surface area (Å²) in [5.74, 6) is 1.55. The predicted octanol–water partition coefficient (Wildman–Crippen LogP) is 5.54. The fourth-order valence-electron chi connectivity index (χ4n) is 8.11. The average Bonchev–Trinajstić information content (AvgIpc) is 3.26. The standard InChI is InChI=1S/C33H52O7/c1-19(2)8-6-9-21(4)25-15-16-26-22(10-7-17-33(25,26)5)12-13-23-18-24(14-11-20(23)3)39-32-29(36)27(34)28(35)30(40-32)31(37)38/h12-13,19,21,24-30,32,34-36H,3,6-11,14-18H2,1-2,4-5H3,(H,37,38)/b22-12-,23-13-/t21-,24+,25-,26+,27+,28+,29+,30+,32-,33-/m1/s1. The van der Waals surface area contributed by atoms with E-state index in [1.165, 1.54) is 44.9 Å². The molecule has 0 amide bonds. The summed E-state index contributed by atoms with van der Waals surface area (Å²) in [6.45, 7) is 13.9. The monoisotopic (exact) mass is 560 g/mol. The van der Waals surface area contributed by atoms with Crippen LogP contribution in [0.5, 0.6) is 0 Å². The second kappa shape index (κ2) is 13.2. The Hall–Kier alpha value is -1.51. The summed E-state index contributed by atoms with van der Waals surface area (Å²) in [5.41, 5.74) is 4.10. The second-order valence-corrected chi connectivity index (χ2v) is 13.7. The number of ether oxygens (including phenoxy) is 2. The van der Waals surface area contributed by atoms with E-state index in [4.69, 9.17) is 9.47 Å². The fourth-order valence-corrected chi connectivity index (χ4v) is 8.11. The maximum absolute atomic E-state index is 11.5. The third-order valence-electron chi connectivity index (χ3n) is 10.5. The van der Waals surface area contributed by atoms with E-state index >= 15 is 0 Å². The van der Waals surface area contributed by atoms with E-state index in [0.29, 0.717) is 24.2 Å². The van der Waals surface area contributed by atoms with Crippen molar-refractivity contribution in [2.24, 2.45) is 29.1 Å². The van der Waals surface area contributed by atoms with Gasteiger partial charge in [-0.15, -0.1) is 0 Å². The van der Waals surface area contributed by atoms with Crippen molar-refractivity contribution in [2.45, 2.75) is 135 Å². The van der Waals surface area contributed by atoms with Gasteiger partial charge in [-0.1, -0.05) is 76.8 Å². The zero-order valence-corrected chi connectivity index (χ0v) is 24.9. The van der Waals surface area contributed by atoms with E-state index in [1.807, 2.05) is 0 Å². The molecule has 4 rings (SSSR count). The maximum Gasteiger partial charge on any atom is 0.335 e. The molecule has 0 spiro atoms. The molecule has 10 atom stereocenters. The molecule has 1 aliphatic heterocycles. The predicted molar refractivity (Wildman–Crippen MR) is 154 cm³/mol. The molecular weight excluding hydrogens is 508 g/mol. The highest BCUT2D eigenvalue weighted by molar-refractivity contribution is 5.73. The normalized spacial score (nSPS) is 41.5. The van der Waals surface area contributed by atoms with Crippen LogP contribution in [0.4, 0.5) is 0 Å². The van der Waals surface area contributed by atoms with E-state index in [-0.39, 0.29) is 6.10 Å². The summed E-state index contributed by atoms with van der Waals surface area (Å²) in [4.78, 5) is 11.5. The van der Waals surface area contributed by atoms with Gasteiger partial charge in [-0.3, -0.25) is 0 Å². The van der Waals surface area contributed by atoms with Crippen molar-refractivity contribution in [3.05, 3.63) is 35.5 Å². The Kier molecular flexibility index (Phi) is 10.4. The van der Waals surface area contributed by atoms with Crippen molar-refractivity contribution in [3.8, 4) is 0 Å². The van der Waals surface area contributed by atoms with E-state index in [2.05, 4.69) is 46.4 Å². The van der Waals surface area contributed by atoms with Crippen LogP contribution in [0.3, 0.4) is 0 Å². The van der Waals surface area contributed by atoms with Gasteiger partial charge >= 0.3 is 5.97 Å². The van der Waals surface area contributed by atoms with Crippen molar-refractivity contribution < 1.29 is 34.7 Å². The maximum atomic E-state index is 11.5. The lowest BCUT2D eigenvalue weighted by Crippen LogP contribution is -2.60. The quantitative estimate of drug-likeness (QED) is 0.293. The average molecular weight is 561 g/mol. The lowest BCUT2D eigenvalue weighted by atomic mass is 9.60. The topological polar surface area (TPSA) is 116 Å². The number of rotatable bonds is 9. The van der Waals surface area contributed by atoms with Crippen molar-refractivity contribution in [2.75, 3.05) is 0 Å². The Morgan fingerprint density at radius 1 is 1.07 bits per heavy atom. The van der Waals surface area contributed by atoms with Crippen LogP contribution in [-0.4, -0.2) is 63.2 Å². The Bertz CT molecular complexity index is 970. The lowest BCUT2D eigenvalue weighted by molar-refractivity contribution is -0.304. The molecule has 3 aliphatic carbocycles. The summed E-state index contributed by atoms with van der Waals surface area (Å²) >= 11 is 0. The Labute approximate surface area is 240 Å². The third-order valence-corrected chi connectivity index (χ3v) is 10.5. The van der Waals surface area contributed by atoms with Crippen LogP contribution >= 0.6 is 0 Å². The number of hydrogen-bond acceptors (Lipinski definition) is 6. The summed E-state index contributed by atoms with van der Waals surface area (Å²) in [6.07, 6.45) is 8.55. The van der Waals surface area contributed by atoms with E-state index < -0.39 is 36.7 Å². The first kappa shape index (κ1) is 31.4. The highest BCUT2D eigenvalue weighted by atomic mass is 16.7. The summed E-state index contributed by atoms with van der Waals surface area (Å²) < 4.78 is 11.3. The zero-order valence-electron chi connectivity index (χ0n) is 24.9. The molecule has 0 unspecified atom stereocenters. The lowest BCUT2D eigenvalue weighted by Gasteiger charge is -2.44. The molecule has 0 aromatic heterocycles. The molecule has 226 valence electrons. The number of allylic oxidation sites excluding steroid dienone is 4. The van der Waals surface area contributed by atoms with Gasteiger partial charge in [-0.05, 0) is 86.0 Å². The summed E-state index contributed by atoms with van der Waals surface area (Å²) in [6, 6.07) is 0. The fraction of sp³-hybridized carbons (Fsp3) is 0.788. The molecular formula is C33H52O7. The van der Waals surface area contributed by atoms with E-state index in [0.717, 1.165) is 41.7 Å². The molecule has 7 nitrogen and oxygen atoms in total. The molecule has 1 heterocycles. The van der Waals surface area contributed by atoms with Gasteiger partial charge < -0.3 is 29.9 Å². The molecule has 7 heteroatoms. The molecule has 4 fully saturated rings. The molecule has 3 saturated carbocycles. The van der Waals surface area contributed by atoms with E-state index in [1.54, 1.807) is 5.57 Å². The van der Waals surface area contributed by atoms with Gasteiger partial charge in [-0.2, -0.15) is 0 Å². The minimum Gasteiger partial charge on any atom is -0.479 e. The van der Waals surface area contributed by atoms with Gasteiger partial charge in [0.05, 0.1) is 6.10 Å². The smallest absolute Gasteiger partial charge is 0.335 e. The van der Waals surface area contributed by atoms with Crippen LogP contribution in [0.1, 0.15) is 98.3 Å². The van der Waals surface area contributed by atoms with Crippen LogP contribution in [0.15, 0.2) is 35.5 Å². The summed E-state index contributed by atoms with van der Waals surface area (Å²) in [5, 5.41) is 39.8. The van der Waals surface area contributed by atoms with Crippen LogP contribution in [0.2, 0.25) is 0 Å². The minimum atomic E-state index is -1.72. The van der Waals surface area contributed by atoms with Crippen molar-refractivity contribution >= 4 is 5.97 Å². The van der Waals surface area contributed by atoms with Crippen molar-refractivity contribution in [1.82, 2.24) is 0 Å². The number of carboxylic acid groups (broad SMARTS) is 1. The van der Waals surface area contributed by atoms with Crippen LogP contribution in [0, 0.1) is 29.1 Å². The van der Waals surface area contributed by atoms with Crippen molar-refractivity contribution in [3.63, 3.8) is 0 Å². The Balaban J connectivity index is 1.42. The van der Waals surface area contributed by atoms with E-state index in [9.17, 15) is 25.2 Å². The molecule has 0 aromatic carbocycles. The number of hydrogen-bond donors (Lipinski definition) is 4. The number of fused-ring (bicyclic) bond motifs is 1. The van der Waals surface area contributed by atoms with Gasteiger partial charge in [0.15, 0.2) is 12.4 Å². The second-order valence-electron chi connectivity index (χ2n) is 13.7. The first-order chi connectivity index (χ1) is 18.9. The molecule has 4 aliphatic rings. The van der Waals surface area contributed by atoms with Crippen molar-refractivity contribution in [1.29, 1.82) is 0 Å². The van der Waals surface area contributed by atoms with Gasteiger partial charge in [-0.25, -0.2) is 4.79 Å². The number of aliphatic hydroxyl groups is 3. The van der Waals surface area contributed by atoms with Gasteiger partial charge in [0.25, 0.3) is 0 Å². The highest BCUT2D eigenvalue weighted by Crippen LogP contribution is 2.60. The van der Waals surface area contributed by atoms with Gasteiger partial charge in [0.1, 0.15) is 18.3 Å². The van der Waals surface area contributed by atoms with Crippen LogP contribution in [0.25, 0.3) is 0 Å². The molecule has 0 bridgehead atoms. The van der Waals surface area contributed by atoms with Gasteiger partial charge in [0, 0.05) is 0 Å². The van der Waals surface area contributed by atoms with Gasteiger partial charge in [0.2, 0.25) is 0 Å². The molecule has 0 aromatic rings. The Morgan fingerprint density at radius 3 is 2.52 bits per heavy atom. The number of aliphatic hydroxyl groups excluding tert-OH is 3. The third kappa shape index (κ3) is 6.75. The Morgan fingerprint density at radius 2 is 1.82 bits per heavy atom. The van der Waals surface area contributed by atoms with Crippen LogP contribution < -0.4 is 0 Å². The zero-order chi connectivity index (χ0) is 29.2. The SMILES string of the molecule is C=C1CC[C@H](O[C@@H]2O[C@H](C(=O)O)[C@@H](O)[C@H](O)[C@@H]2O)C/C1=C/C=C1/CCC[C@]2(C)[C@@H]([C@H](C)CCCC(C)C)CC[C@@H]12.